The van der Waals surface area contributed by atoms with Gasteiger partial charge in [-0.2, -0.15) is 4.98 Å². The van der Waals surface area contributed by atoms with Crippen molar-refractivity contribution in [2.24, 2.45) is 0 Å². The van der Waals surface area contributed by atoms with Crippen molar-refractivity contribution in [2.45, 2.75) is 39.2 Å². The zero-order valence-electron chi connectivity index (χ0n) is 15.9. The second-order valence-electron chi connectivity index (χ2n) is 6.82. The highest BCUT2D eigenvalue weighted by Crippen LogP contribution is 2.35. The number of rotatable bonds is 5. The first-order chi connectivity index (χ1) is 13.6. The second kappa shape index (κ2) is 7.79. The van der Waals surface area contributed by atoms with Crippen LogP contribution in [0.5, 0.6) is 0 Å². The molecule has 0 aliphatic carbocycles. The predicted molar refractivity (Wildman–Crippen MR) is 99.3 cm³/mol. The van der Waals surface area contributed by atoms with Crippen molar-refractivity contribution < 1.29 is 13.8 Å². The molecule has 0 saturated carbocycles. The summed E-state index contributed by atoms with van der Waals surface area (Å²) in [6.45, 7) is 4.93. The van der Waals surface area contributed by atoms with Crippen molar-refractivity contribution in [3.8, 4) is 11.4 Å². The Labute approximate surface area is 162 Å². The van der Waals surface area contributed by atoms with Gasteiger partial charge in [0.25, 0.3) is 0 Å². The maximum atomic E-state index is 12.7. The molecule has 4 heterocycles. The molecule has 1 unspecified atom stereocenters. The van der Waals surface area contributed by atoms with E-state index < -0.39 is 0 Å². The maximum absolute atomic E-state index is 12.7. The van der Waals surface area contributed by atoms with Crippen LogP contribution < -0.4 is 5.32 Å². The monoisotopic (exact) mass is 382 g/mol. The summed E-state index contributed by atoms with van der Waals surface area (Å²) in [7, 11) is 0. The largest absolute Gasteiger partial charge is 0.361 e. The molecule has 1 aliphatic heterocycles. The summed E-state index contributed by atoms with van der Waals surface area (Å²) in [4.78, 5) is 22.9. The lowest BCUT2D eigenvalue weighted by molar-refractivity contribution is 0.192. The van der Waals surface area contributed by atoms with Gasteiger partial charge in [0.1, 0.15) is 5.76 Å². The van der Waals surface area contributed by atoms with Crippen molar-refractivity contribution in [2.75, 3.05) is 13.1 Å². The van der Waals surface area contributed by atoms with Crippen LogP contribution in [0.15, 0.2) is 33.6 Å². The van der Waals surface area contributed by atoms with E-state index in [1.54, 1.807) is 12.4 Å². The molecule has 28 heavy (non-hydrogen) atoms. The van der Waals surface area contributed by atoms with Crippen LogP contribution in [0.4, 0.5) is 4.79 Å². The second-order valence-corrected chi connectivity index (χ2v) is 6.82. The first-order valence-electron chi connectivity index (χ1n) is 9.33. The van der Waals surface area contributed by atoms with Gasteiger partial charge in [-0.15, -0.1) is 0 Å². The number of urea groups is 1. The van der Waals surface area contributed by atoms with E-state index in [1.165, 1.54) is 0 Å². The minimum Gasteiger partial charge on any atom is -0.361 e. The number of pyridine rings is 1. The molecule has 0 radical (unpaired) electrons. The summed E-state index contributed by atoms with van der Waals surface area (Å²) in [6, 6.07) is 3.59. The number of likely N-dealkylation sites (tertiary alicyclic amines) is 1. The topological polar surface area (TPSA) is 110 Å². The summed E-state index contributed by atoms with van der Waals surface area (Å²) >= 11 is 0. The van der Waals surface area contributed by atoms with Gasteiger partial charge in [0.2, 0.25) is 11.7 Å². The van der Waals surface area contributed by atoms with Crippen molar-refractivity contribution >= 4 is 6.03 Å². The lowest BCUT2D eigenvalue weighted by Crippen LogP contribution is -2.40. The first-order valence-corrected chi connectivity index (χ1v) is 9.33. The highest BCUT2D eigenvalue weighted by molar-refractivity contribution is 5.75. The molecular formula is C19H22N6O3. The number of carbonyl (C=O) groups is 1. The van der Waals surface area contributed by atoms with E-state index in [9.17, 15) is 4.79 Å². The van der Waals surface area contributed by atoms with Crippen LogP contribution in [0.1, 0.15) is 41.8 Å². The number of amides is 2. The number of hydrogen-bond acceptors (Lipinski definition) is 7. The number of aromatic nitrogens is 4. The third-order valence-corrected chi connectivity index (χ3v) is 4.94. The van der Waals surface area contributed by atoms with Crippen LogP contribution in [-0.4, -0.2) is 44.3 Å². The zero-order valence-corrected chi connectivity index (χ0v) is 15.9. The summed E-state index contributed by atoms with van der Waals surface area (Å²) < 4.78 is 10.5. The van der Waals surface area contributed by atoms with E-state index >= 15 is 0 Å². The van der Waals surface area contributed by atoms with Gasteiger partial charge in [-0.3, -0.25) is 4.98 Å². The quantitative estimate of drug-likeness (QED) is 0.722. The molecule has 1 atom stereocenters. The highest BCUT2D eigenvalue weighted by atomic mass is 16.5. The van der Waals surface area contributed by atoms with Crippen LogP contribution in [0.2, 0.25) is 0 Å². The predicted octanol–water partition coefficient (Wildman–Crippen LogP) is 2.83. The van der Waals surface area contributed by atoms with Gasteiger partial charge in [-0.1, -0.05) is 10.3 Å². The molecule has 0 bridgehead atoms. The molecule has 3 aromatic rings. The Bertz CT molecular complexity index is 932. The van der Waals surface area contributed by atoms with Crippen LogP contribution >= 0.6 is 0 Å². The van der Waals surface area contributed by atoms with Gasteiger partial charge in [0.05, 0.1) is 11.7 Å². The van der Waals surface area contributed by atoms with E-state index in [4.69, 9.17) is 9.05 Å². The minimum atomic E-state index is -0.102. The fourth-order valence-electron chi connectivity index (χ4n) is 3.62. The van der Waals surface area contributed by atoms with E-state index in [-0.39, 0.29) is 12.1 Å². The van der Waals surface area contributed by atoms with Gasteiger partial charge in [-0.05, 0) is 38.8 Å². The molecule has 1 fully saturated rings. The lowest BCUT2D eigenvalue weighted by atomic mass is 10.0. The fraction of sp³-hybridized carbons (Fsp3) is 0.421. The number of carbonyl (C=O) groups excluding carboxylic acids is 1. The number of nitrogens with zero attached hydrogens (tertiary/aromatic N) is 5. The van der Waals surface area contributed by atoms with Crippen LogP contribution in [0, 0.1) is 13.8 Å². The third-order valence-electron chi connectivity index (χ3n) is 4.94. The Morgan fingerprint density at radius 3 is 2.96 bits per heavy atom. The molecule has 0 spiro atoms. The Kier molecular flexibility index (Phi) is 5.05. The minimum absolute atomic E-state index is 0.00633. The molecule has 0 aromatic carbocycles. The normalized spacial score (nSPS) is 16.5. The van der Waals surface area contributed by atoms with Crippen molar-refractivity contribution in [1.29, 1.82) is 0 Å². The number of hydrogen-bond donors (Lipinski definition) is 1. The van der Waals surface area contributed by atoms with E-state index in [1.807, 2.05) is 30.9 Å². The summed E-state index contributed by atoms with van der Waals surface area (Å²) in [5.41, 5.74) is 2.66. The van der Waals surface area contributed by atoms with Gasteiger partial charge in [0, 0.05) is 43.0 Å². The van der Waals surface area contributed by atoms with E-state index in [0.29, 0.717) is 31.2 Å². The summed E-state index contributed by atoms with van der Waals surface area (Å²) in [5, 5.41) is 10.9. The summed E-state index contributed by atoms with van der Waals surface area (Å²) in [6.07, 6.45) is 5.70. The Morgan fingerprint density at radius 2 is 2.21 bits per heavy atom. The van der Waals surface area contributed by atoms with E-state index in [2.05, 4.69) is 25.6 Å². The highest BCUT2D eigenvalue weighted by Gasteiger charge is 2.33. The van der Waals surface area contributed by atoms with Crippen LogP contribution in [-0.2, 0) is 6.42 Å². The van der Waals surface area contributed by atoms with Gasteiger partial charge in [0.15, 0.2) is 0 Å². The van der Waals surface area contributed by atoms with Crippen molar-refractivity contribution in [1.82, 2.24) is 30.5 Å². The van der Waals surface area contributed by atoms with Gasteiger partial charge in [-0.25, -0.2) is 4.79 Å². The first kappa shape index (κ1) is 18.1. The molecule has 9 heteroatoms. The standard InChI is InChI=1S/C19H22N6O3/c1-12-17(13(2)27-23-12)15-6-4-10-25(15)19(26)21-9-7-16-22-18(24-28-16)14-5-3-8-20-11-14/h3,5,8,11,15H,4,6-7,9-10H2,1-2H3,(H,21,26). The third kappa shape index (κ3) is 3.60. The molecule has 1 aliphatic rings. The Hall–Kier alpha value is -3.23. The van der Waals surface area contributed by atoms with Gasteiger partial charge >= 0.3 is 6.03 Å². The average Bonchev–Trinajstić information content (AvgIpc) is 3.43. The molecule has 9 nitrogen and oxygen atoms in total. The van der Waals surface area contributed by atoms with Crippen molar-refractivity contribution in [3.05, 3.63) is 47.4 Å². The smallest absolute Gasteiger partial charge is 0.317 e. The Balaban J connectivity index is 1.34. The Morgan fingerprint density at radius 1 is 1.32 bits per heavy atom. The molecule has 146 valence electrons. The zero-order chi connectivity index (χ0) is 19.5. The van der Waals surface area contributed by atoms with Gasteiger partial charge < -0.3 is 19.3 Å². The van der Waals surface area contributed by atoms with E-state index in [0.717, 1.165) is 35.4 Å². The number of aryl methyl sites for hydroxylation is 2. The number of nitrogens with one attached hydrogen (secondary N) is 1. The molecule has 2 amide bonds. The molecule has 1 N–H and O–H groups in total. The average molecular weight is 382 g/mol. The van der Waals surface area contributed by atoms with Crippen LogP contribution in [0.3, 0.4) is 0 Å². The fourth-order valence-corrected chi connectivity index (χ4v) is 3.62. The van der Waals surface area contributed by atoms with Crippen molar-refractivity contribution in [3.63, 3.8) is 0 Å². The molecule has 3 aromatic heterocycles. The molecule has 4 rings (SSSR count). The maximum Gasteiger partial charge on any atom is 0.317 e. The molecular weight excluding hydrogens is 360 g/mol. The lowest BCUT2D eigenvalue weighted by Gasteiger charge is -2.24. The SMILES string of the molecule is Cc1noc(C)c1C1CCCN1C(=O)NCCc1nc(-c2cccnc2)no1. The van der Waals surface area contributed by atoms with Crippen LogP contribution in [0.25, 0.3) is 11.4 Å². The summed E-state index contributed by atoms with van der Waals surface area (Å²) in [5.74, 6) is 1.74. The molecule has 1 saturated heterocycles.